The minimum absolute atomic E-state index is 0.0404. The van der Waals surface area contributed by atoms with E-state index in [-0.39, 0.29) is 12.3 Å². The van der Waals surface area contributed by atoms with Crippen LogP contribution in [0.2, 0.25) is 0 Å². The van der Waals surface area contributed by atoms with E-state index in [0.717, 1.165) is 24.2 Å². The molecule has 0 saturated heterocycles. The molecule has 0 bridgehead atoms. The highest BCUT2D eigenvalue weighted by molar-refractivity contribution is 5.68. The number of ether oxygens (including phenoxy) is 1. The van der Waals surface area contributed by atoms with E-state index in [1.165, 1.54) is 0 Å². The van der Waals surface area contributed by atoms with Crippen LogP contribution in [0.5, 0.6) is 5.75 Å². The maximum absolute atomic E-state index is 10.8. The van der Waals surface area contributed by atoms with E-state index in [4.69, 9.17) is 9.84 Å². The lowest BCUT2D eigenvalue weighted by atomic mass is 9.91. The molecule has 88 valence electrons. The average molecular weight is 222 g/mol. The summed E-state index contributed by atoms with van der Waals surface area (Å²) in [6, 6.07) is 7.64. The molecule has 0 heterocycles. The number of carboxylic acids is 1. The molecule has 1 unspecified atom stereocenters. The number of para-hydroxylation sites is 1. The number of methoxy groups -OCH3 is 1. The lowest BCUT2D eigenvalue weighted by Gasteiger charge is -2.17. The van der Waals surface area contributed by atoms with Crippen LogP contribution in [0.3, 0.4) is 0 Å². The Morgan fingerprint density at radius 3 is 2.69 bits per heavy atom. The molecule has 3 nitrogen and oxygen atoms in total. The zero-order valence-electron chi connectivity index (χ0n) is 9.77. The van der Waals surface area contributed by atoms with Crippen LogP contribution in [0.1, 0.15) is 37.7 Å². The van der Waals surface area contributed by atoms with E-state index < -0.39 is 5.97 Å². The van der Waals surface area contributed by atoms with Gasteiger partial charge in [-0.3, -0.25) is 4.79 Å². The highest BCUT2D eigenvalue weighted by atomic mass is 16.5. The van der Waals surface area contributed by atoms with Gasteiger partial charge in [0.05, 0.1) is 13.5 Å². The van der Waals surface area contributed by atoms with Crippen molar-refractivity contribution in [2.24, 2.45) is 0 Å². The van der Waals surface area contributed by atoms with Crippen molar-refractivity contribution in [2.75, 3.05) is 7.11 Å². The van der Waals surface area contributed by atoms with Crippen molar-refractivity contribution in [2.45, 2.75) is 32.1 Å². The van der Waals surface area contributed by atoms with E-state index in [1.807, 2.05) is 24.3 Å². The Kier molecular flexibility index (Phi) is 4.83. The number of hydrogen-bond donors (Lipinski definition) is 1. The van der Waals surface area contributed by atoms with Crippen LogP contribution in [0.25, 0.3) is 0 Å². The molecule has 0 aromatic heterocycles. The maximum atomic E-state index is 10.8. The standard InChI is InChI=1S/C13H18O3/c1-3-6-10(9-13(14)15)11-7-4-5-8-12(11)16-2/h4-5,7-8,10H,3,6,9H2,1-2H3,(H,14,15). The lowest BCUT2D eigenvalue weighted by Crippen LogP contribution is -2.07. The largest absolute Gasteiger partial charge is 0.496 e. The van der Waals surface area contributed by atoms with Crippen LogP contribution in [0.4, 0.5) is 0 Å². The summed E-state index contributed by atoms with van der Waals surface area (Å²) in [7, 11) is 1.61. The summed E-state index contributed by atoms with van der Waals surface area (Å²) >= 11 is 0. The first-order valence-electron chi connectivity index (χ1n) is 5.53. The molecule has 1 N–H and O–H groups in total. The molecule has 0 spiro atoms. The van der Waals surface area contributed by atoms with Gasteiger partial charge in [-0.1, -0.05) is 31.5 Å². The van der Waals surface area contributed by atoms with Gasteiger partial charge in [0.25, 0.3) is 0 Å². The summed E-state index contributed by atoms with van der Waals surface area (Å²) in [5.41, 5.74) is 0.995. The third-order valence-electron chi connectivity index (χ3n) is 2.64. The molecule has 0 fully saturated rings. The molecule has 1 atom stereocenters. The smallest absolute Gasteiger partial charge is 0.303 e. The van der Waals surface area contributed by atoms with Gasteiger partial charge in [-0.15, -0.1) is 0 Å². The van der Waals surface area contributed by atoms with E-state index in [1.54, 1.807) is 7.11 Å². The second-order valence-corrected chi connectivity index (χ2v) is 3.83. The van der Waals surface area contributed by atoms with Crippen molar-refractivity contribution in [3.63, 3.8) is 0 Å². The maximum Gasteiger partial charge on any atom is 0.303 e. The van der Waals surface area contributed by atoms with Gasteiger partial charge in [0, 0.05) is 0 Å². The van der Waals surface area contributed by atoms with E-state index in [2.05, 4.69) is 6.92 Å². The Hall–Kier alpha value is -1.51. The zero-order chi connectivity index (χ0) is 12.0. The number of aliphatic carboxylic acids is 1. The quantitative estimate of drug-likeness (QED) is 0.804. The molecule has 0 aliphatic rings. The summed E-state index contributed by atoms with van der Waals surface area (Å²) in [5.74, 6) is 0.0604. The SMILES string of the molecule is CCCC(CC(=O)O)c1ccccc1OC. The molecule has 1 aromatic rings. The number of benzene rings is 1. The van der Waals surface area contributed by atoms with Crippen LogP contribution in [0.15, 0.2) is 24.3 Å². The first-order chi connectivity index (χ1) is 7.69. The van der Waals surface area contributed by atoms with Gasteiger partial charge in [-0.25, -0.2) is 0 Å². The minimum Gasteiger partial charge on any atom is -0.496 e. The van der Waals surface area contributed by atoms with Crippen molar-refractivity contribution < 1.29 is 14.6 Å². The van der Waals surface area contributed by atoms with Crippen LogP contribution in [-0.4, -0.2) is 18.2 Å². The fourth-order valence-corrected chi connectivity index (χ4v) is 1.93. The normalized spacial score (nSPS) is 12.1. The number of carboxylic acid groups (broad SMARTS) is 1. The molecule has 0 aliphatic carbocycles. The average Bonchev–Trinajstić information content (AvgIpc) is 2.28. The highest BCUT2D eigenvalue weighted by Crippen LogP contribution is 2.32. The van der Waals surface area contributed by atoms with Crippen molar-refractivity contribution >= 4 is 5.97 Å². The van der Waals surface area contributed by atoms with Crippen LogP contribution in [-0.2, 0) is 4.79 Å². The molecule has 16 heavy (non-hydrogen) atoms. The summed E-state index contributed by atoms with van der Waals surface area (Å²) < 4.78 is 5.26. The minimum atomic E-state index is -0.760. The Balaban J connectivity index is 2.94. The third-order valence-corrected chi connectivity index (χ3v) is 2.64. The van der Waals surface area contributed by atoms with Gasteiger partial charge < -0.3 is 9.84 Å². The predicted octanol–water partition coefficient (Wildman–Crippen LogP) is 3.05. The lowest BCUT2D eigenvalue weighted by molar-refractivity contribution is -0.137. The van der Waals surface area contributed by atoms with Gasteiger partial charge in [-0.2, -0.15) is 0 Å². The Morgan fingerprint density at radius 2 is 2.12 bits per heavy atom. The zero-order valence-corrected chi connectivity index (χ0v) is 9.77. The molecule has 1 rings (SSSR count). The molecule has 0 amide bonds. The van der Waals surface area contributed by atoms with E-state index >= 15 is 0 Å². The van der Waals surface area contributed by atoms with Crippen molar-refractivity contribution in [3.05, 3.63) is 29.8 Å². The van der Waals surface area contributed by atoms with Crippen molar-refractivity contribution in [1.82, 2.24) is 0 Å². The number of rotatable bonds is 6. The molecule has 0 radical (unpaired) electrons. The van der Waals surface area contributed by atoms with Crippen LogP contribution >= 0.6 is 0 Å². The molecule has 0 aliphatic heterocycles. The van der Waals surface area contributed by atoms with Gasteiger partial charge in [0.15, 0.2) is 0 Å². The Labute approximate surface area is 96.1 Å². The first-order valence-corrected chi connectivity index (χ1v) is 5.53. The van der Waals surface area contributed by atoms with Crippen molar-refractivity contribution in [3.8, 4) is 5.75 Å². The van der Waals surface area contributed by atoms with E-state index in [0.29, 0.717) is 0 Å². The molecule has 3 heteroatoms. The molecular weight excluding hydrogens is 204 g/mol. The number of carbonyl (C=O) groups is 1. The first kappa shape index (κ1) is 12.6. The molecular formula is C13H18O3. The fraction of sp³-hybridized carbons (Fsp3) is 0.462. The second kappa shape index (κ2) is 6.16. The third kappa shape index (κ3) is 3.26. The summed E-state index contributed by atoms with van der Waals surface area (Å²) in [6.45, 7) is 2.06. The highest BCUT2D eigenvalue weighted by Gasteiger charge is 2.17. The monoisotopic (exact) mass is 222 g/mol. The summed E-state index contributed by atoms with van der Waals surface area (Å²) in [6.07, 6.45) is 2.00. The van der Waals surface area contributed by atoms with Crippen LogP contribution < -0.4 is 4.74 Å². The van der Waals surface area contributed by atoms with Crippen LogP contribution in [0, 0.1) is 0 Å². The molecule has 1 aromatic carbocycles. The number of hydrogen-bond acceptors (Lipinski definition) is 2. The van der Waals surface area contributed by atoms with Crippen molar-refractivity contribution in [1.29, 1.82) is 0 Å². The second-order valence-electron chi connectivity index (χ2n) is 3.83. The van der Waals surface area contributed by atoms with Gasteiger partial charge in [0.1, 0.15) is 5.75 Å². The van der Waals surface area contributed by atoms with Gasteiger partial charge >= 0.3 is 5.97 Å². The molecule has 0 saturated carbocycles. The van der Waals surface area contributed by atoms with Gasteiger partial charge in [0.2, 0.25) is 0 Å². The van der Waals surface area contributed by atoms with E-state index in [9.17, 15) is 4.79 Å². The summed E-state index contributed by atoms with van der Waals surface area (Å²) in [5, 5.41) is 8.89. The summed E-state index contributed by atoms with van der Waals surface area (Å²) in [4.78, 5) is 10.8. The predicted molar refractivity (Wildman–Crippen MR) is 62.9 cm³/mol. The fourth-order valence-electron chi connectivity index (χ4n) is 1.93. The topological polar surface area (TPSA) is 46.5 Å². The Morgan fingerprint density at radius 1 is 1.44 bits per heavy atom. The van der Waals surface area contributed by atoms with Gasteiger partial charge in [-0.05, 0) is 24.0 Å². The Bertz CT molecular complexity index is 347.